The molecule has 20 heavy (non-hydrogen) atoms. The Labute approximate surface area is 142 Å². The topological polar surface area (TPSA) is 37.3 Å². The number of carboxylic acid groups (broad SMARTS) is 1. The fourth-order valence-corrected chi connectivity index (χ4v) is 2.47. The van der Waals surface area contributed by atoms with Gasteiger partial charge in [-0.3, -0.25) is 4.79 Å². The Bertz CT molecular complexity index is 195. The Morgan fingerprint density at radius 1 is 0.650 bits per heavy atom. The lowest BCUT2D eigenvalue weighted by Gasteiger charge is -2.02. The van der Waals surface area contributed by atoms with Gasteiger partial charge in [0.25, 0.3) is 0 Å². The maximum absolute atomic E-state index is 10.3. The second-order valence-corrected chi connectivity index (χ2v) is 5.74. The lowest BCUT2D eigenvalue weighted by Crippen LogP contribution is -1.93. The molecule has 0 unspecified atom stereocenters. The molecule has 0 spiro atoms. The van der Waals surface area contributed by atoms with Crippen molar-refractivity contribution in [3.8, 4) is 0 Å². The third kappa shape index (κ3) is 20.6. The number of hydrogen-bond acceptors (Lipinski definition) is 1. The highest BCUT2D eigenvalue weighted by Crippen LogP contribution is 2.13. The van der Waals surface area contributed by atoms with Crippen LogP contribution in [0, 0.1) is 0 Å². The zero-order valence-electron chi connectivity index (χ0n) is 13.0. The largest absolute Gasteiger partial charge is 0.481 e. The third-order valence-corrected chi connectivity index (χ3v) is 3.74. The van der Waals surface area contributed by atoms with E-state index in [1.807, 2.05) is 0 Å². The molecule has 0 saturated heterocycles. The van der Waals surface area contributed by atoms with Crippen LogP contribution in [0.4, 0.5) is 0 Å². The summed E-state index contributed by atoms with van der Waals surface area (Å²) in [4.78, 5) is 10.3. The number of unbranched alkanes of at least 4 members (excludes halogenated alkanes) is 13. The van der Waals surface area contributed by atoms with Crippen molar-refractivity contribution in [3.63, 3.8) is 0 Å². The molecule has 0 saturated carbocycles. The molecule has 0 rings (SSSR count). The van der Waals surface area contributed by atoms with Gasteiger partial charge in [0.1, 0.15) is 0 Å². The average Bonchev–Trinajstić information content (AvgIpc) is 2.39. The zero-order chi connectivity index (χ0) is 14.2. The lowest BCUT2D eigenvalue weighted by molar-refractivity contribution is -0.137. The molecule has 0 aromatic carbocycles. The number of rotatable bonds is 15. The molecule has 0 fully saturated rings. The van der Waals surface area contributed by atoms with Crippen LogP contribution in [0.15, 0.2) is 0 Å². The van der Waals surface area contributed by atoms with Gasteiger partial charge in [-0.05, 0) is 6.42 Å². The summed E-state index contributed by atoms with van der Waals surface area (Å²) in [7, 11) is 0. The van der Waals surface area contributed by atoms with Gasteiger partial charge in [0, 0.05) is 6.42 Å². The molecule has 2 nitrogen and oxygen atoms in total. The summed E-state index contributed by atoms with van der Waals surface area (Å²) < 4.78 is 0. The quantitative estimate of drug-likeness (QED) is 0.340. The molecule has 3 heteroatoms. The molecular formula is C17H36MgO2. The molecule has 0 heterocycles. The van der Waals surface area contributed by atoms with E-state index in [0.29, 0.717) is 6.42 Å². The first kappa shape index (κ1) is 22.5. The van der Waals surface area contributed by atoms with Gasteiger partial charge >= 0.3 is 29.0 Å². The van der Waals surface area contributed by atoms with E-state index in [0.717, 1.165) is 12.8 Å². The highest BCUT2D eigenvalue weighted by Gasteiger charge is 1.96. The molecule has 0 bridgehead atoms. The minimum atomic E-state index is -0.654. The highest BCUT2D eigenvalue weighted by molar-refractivity contribution is 5.75. The van der Waals surface area contributed by atoms with Crippen molar-refractivity contribution in [2.24, 2.45) is 0 Å². The van der Waals surface area contributed by atoms with E-state index in [4.69, 9.17) is 5.11 Å². The fraction of sp³-hybridized carbons (Fsp3) is 0.941. The first-order chi connectivity index (χ1) is 9.27. The van der Waals surface area contributed by atoms with E-state index in [9.17, 15) is 4.79 Å². The molecule has 0 radical (unpaired) electrons. The second-order valence-electron chi connectivity index (χ2n) is 5.74. The van der Waals surface area contributed by atoms with Crippen molar-refractivity contribution in [3.05, 3.63) is 0 Å². The van der Waals surface area contributed by atoms with Crippen molar-refractivity contribution < 1.29 is 9.90 Å². The van der Waals surface area contributed by atoms with E-state index < -0.39 is 5.97 Å². The minimum Gasteiger partial charge on any atom is -0.481 e. The summed E-state index contributed by atoms with van der Waals surface area (Å²) in [5.74, 6) is -0.654. The van der Waals surface area contributed by atoms with Crippen molar-refractivity contribution in [2.45, 2.75) is 103 Å². The van der Waals surface area contributed by atoms with Gasteiger partial charge in [-0.2, -0.15) is 0 Å². The summed E-state index contributed by atoms with van der Waals surface area (Å²) in [6.45, 7) is 2.27. The number of carbonyl (C=O) groups is 1. The average molecular weight is 297 g/mol. The van der Waals surface area contributed by atoms with Gasteiger partial charge < -0.3 is 5.11 Å². The van der Waals surface area contributed by atoms with E-state index in [1.54, 1.807) is 0 Å². The van der Waals surface area contributed by atoms with Gasteiger partial charge in [0.05, 0.1) is 0 Å². The number of aliphatic carboxylic acids is 1. The second kappa shape index (κ2) is 19.2. The van der Waals surface area contributed by atoms with Crippen LogP contribution in [-0.4, -0.2) is 34.1 Å². The zero-order valence-corrected chi connectivity index (χ0v) is 13.0. The van der Waals surface area contributed by atoms with Crippen LogP contribution < -0.4 is 0 Å². The Morgan fingerprint density at radius 3 is 1.25 bits per heavy atom. The molecule has 0 aliphatic carbocycles. The SMILES string of the molecule is CCCCCCCCCCCCCCCCC(=O)O.[MgH2]. The van der Waals surface area contributed by atoms with Crippen LogP contribution in [0.2, 0.25) is 0 Å². The van der Waals surface area contributed by atoms with E-state index >= 15 is 0 Å². The fourth-order valence-electron chi connectivity index (χ4n) is 2.47. The van der Waals surface area contributed by atoms with Crippen LogP contribution in [0.25, 0.3) is 0 Å². The van der Waals surface area contributed by atoms with Crippen LogP contribution in [0.1, 0.15) is 103 Å². The Morgan fingerprint density at radius 2 is 0.950 bits per heavy atom. The number of carboxylic acids is 1. The summed E-state index contributed by atoms with van der Waals surface area (Å²) in [6, 6.07) is 0. The van der Waals surface area contributed by atoms with E-state index in [2.05, 4.69) is 6.92 Å². The van der Waals surface area contributed by atoms with Crippen molar-refractivity contribution in [1.82, 2.24) is 0 Å². The molecule has 0 aromatic heterocycles. The summed E-state index contributed by atoms with van der Waals surface area (Å²) >= 11 is 0. The minimum absolute atomic E-state index is 0. The molecule has 0 aliphatic heterocycles. The van der Waals surface area contributed by atoms with Crippen molar-refractivity contribution >= 4 is 29.0 Å². The normalized spacial score (nSPS) is 10.2. The maximum Gasteiger partial charge on any atom is 0.316 e. The summed E-state index contributed by atoms with van der Waals surface area (Å²) in [6.07, 6.45) is 18.7. The first-order valence-electron chi connectivity index (χ1n) is 8.49. The predicted molar refractivity (Wildman–Crippen MR) is 91.1 cm³/mol. The van der Waals surface area contributed by atoms with Crippen LogP contribution in [-0.2, 0) is 4.79 Å². The molecule has 118 valence electrons. The Hall–Kier alpha value is 0.236. The van der Waals surface area contributed by atoms with Gasteiger partial charge in [-0.25, -0.2) is 0 Å². The molecule has 0 aliphatic rings. The highest BCUT2D eigenvalue weighted by atomic mass is 24.3. The van der Waals surface area contributed by atoms with Gasteiger partial charge in [0.15, 0.2) is 0 Å². The molecule has 0 atom stereocenters. The monoisotopic (exact) mass is 296 g/mol. The van der Waals surface area contributed by atoms with Crippen LogP contribution in [0.5, 0.6) is 0 Å². The molecule has 0 aromatic rings. The van der Waals surface area contributed by atoms with Crippen LogP contribution in [0.3, 0.4) is 0 Å². The smallest absolute Gasteiger partial charge is 0.316 e. The van der Waals surface area contributed by atoms with Crippen molar-refractivity contribution in [1.29, 1.82) is 0 Å². The van der Waals surface area contributed by atoms with Gasteiger partial charge in [-0.1, -0.05) is 90.4 Å². The predicted octanol–water partition coefficient (Wildman–Crippen LogP) is 5.03. The maximum atomic E-state index is 10.3. The lowest BCUT2D eigenvalue weighted by atomic mass is 10.0. The van der Waals surface area contributed by atoms with Gasteiger partial charge in [-0.15, -0.1) is 0 Å². The summed E-state index contributed by atoms with van der Waals surface area (Å²) in [5.41, 5.74) is 0. The Kier molecular flexibility index (Phi) is 21.7. The molecule has 0 amide bonds. The third-order valence-electron chi connectivity index (χ3n) is 3.74. The molecular weight excluding hydrogens is 260 g/mol. The van der Waals surface area contributed by atoms with Crippen molar-refractivity contribution in [2.75, 3.05) is 0 Å². The standard InChI is InChI=1S/C17H34O2.Mg.2H/c1-2-3-4-5-6-7-8-9-10-11-12-13-14-15-16-17(18)19;;;/h2-16H2,1H3,(H,18,19);;;. The Balaban J connectivity index is 0. The summed E-state index contributed by atoms with van der Waals surface area (Å²) in [5, 5.41) is 8.50. The molecule has 1 N–H and O–H groups in total. The van der Waals surface area contributed by atoms with E-state index in [1.165, 1.54) is 77.0 Å². The first-order valence-corrected chi connectivity index (χ1v) is 8.49. The number of hydrogen-bond donors (Lipinski definition) is 1. The van der Waals surface area contributed by atoms with Gasteiger partial charge in [0.2, 0.25) is 0 Å². The van der Waals surface area contributed by atoms with E-state index in [-0.39, 0.29) is 23.1 Å². The van der Waals surface area contributed by atoms with Crippen LogP contribution >= 0.6 is 0 Å².